The summed E-state index contributed by atoms with van der Waals surface area (Å²) < 4.78 is 13.7. The Bertz CT molecular complexity index is 3910. The number of aryl methyl sites for hydroxylation is 4. The molecule has 0 aliphatic heterocycles. The molecule has 13 aromatic rings. The van der Waals surface area contributed by atoms with Crippen LogP contribution in [0.25, 0.3) is 87.7 Å². The lowest BCUT2D eigenvalue weighted by molar-refractivity contribution is 0.634. The minimum atomic E-state index is 0.762. The van der Waals surface area contributed by atoms with Gasteiger partial charge in [0, 0.05) is 55.7 Å². The van der Waals surface area contributed by atoms with Gasteiger partial charge in [0.25, 0.3) is 0 Å². The molecule has 0 saturated heterocycles. The van der Waals surface area contributed by atoms with Crippen molar-refractivity contribution in [2.24, 2.45) is 0 Å². The molecule has 2 aromatic heterocycles. The second-order valence-corrected chi connectivity index (χ2v) is 18.8. The zero-order valence-corrected chi connectivity index (χ0v) is 39.5. The van der Waals surface area contributed by atoms with E-state index in [4.69, 9.17) is 8.83 Å². The average Bonchev–Trinajstić information content (AvgIpc) is 3.95. The Morgan fingerprint density at radius 1 is 0.271 bits per heavy atom. The Hall–Kier alpha value is -8.86. The van der Waals surface area contributed by atoms with Gasteiger partial charge >= 0.3 is 0 Å². The van der Waals surface area contributed by atoms with E-state index in [9.17, 15) is 0 Å². The highest BCUT2D eigenvalue weighted by molar-refractivity contribution is 6.21. The lowest BCUT2D eigenvalue weighted by atomic mass is 10.00. The van der Waals surface area contributed by atoms with Crippen LogP contribution in [0.5, 0.6) is 0 Å². The maximum Gasteiger partial charge on any atom is 0.178 e. The summed E-state index contributed by atoms with van der Waals surface area (Å²) in [6.07, 6.45) is 0. The fourth-order valence-corrected chi connectivity index (χ4v) is 10.6. The molecule has 2 heterocycles. The van der Waals surface area contributed by atoms with Gasteiger partial charge < -0.3 is 18.6 Å². The molecule has 334 valence electrons. The standard InChI is InChI=1S/C66H48N2O2/c1-41-15-11-13-21-59(41)67(61-37-49(25-23-43(61)3)45-17-7-5-8-18-45)53-29-27-47-35-57-55-31-32-56-58-36-48-28-30-54(34-52(48)40-64(58)70-66(56)65(55)69-63(57)39-51(47)33-53)68(60-22-14-12-16-42(60)2)62-38-50(26-24-44(62)4)46-19-9-6-10-20-46/h5-40H,1-4H3. The van der Waals surface area contributed by atoms with Gasteiger partial charge in [0.15, 0.2) is 11.2 Å². The molecule has 0 spiro atoms. The third kappa shape index (κ3) is 6.91. The Balaban J connectivity index is 0.921. The van der Waals surface area contributed by atoms with Crippen molar-refractivity contribution >= 4 is 99.5 Å². The van der Waals surface area contributed by atoms with Crippen molar-refractivity contribution in [2.45, 2.75) is 27.7 Å². The van der Waals surface area contributed by atoms with Crippen LogP contribution in [0.15, 0.2) is 227 Å². The smallest absolute Gasteiger partial charge is 0.178 e. The van der Waals surface area contributed by atoms with Gasteiger partial charge in [0.1, 0.15) is 11.2 Å². The molecule has 0 saturated carbocycles. The zero-order chi connectivity index (χ0) is 47.0. The molecular weight excluding hydrogens is 853 g/mol. The van der Waals surface area contributed by atoms with Crippen molar-refractivity contribution in [3.8, 4) is 22.3 Å². The number of furan rings is 2. The molecule has 0 radical (unpaired) electrons. The van der Waals surface area contributed by atoms with Gasteiger partial charge in [-0.05, 0) is 179 Å². The molecule has 0 bridgehead atoms. The largest absolute Gasteiger partial charge is 0.452 e. The molecular formula is C66H48N2O2. The predicted octanol–water partition coefficient (Wildman–Crippen LogP) is 19.3. The highest BCUT2D eigenvalue weighted by Gasteiger charge is 2.22. The van der Waals surface area contributed by atoms with Crippen molar-refractivity contribution in [1.82, 2.24) is 0 Å². The van der Waals surface area contributed by atoms with Gasteiger partial charge in [-0.25, -0.2) is 0 Å². The van der Waals surface area contributed by atoms with E-state index < -0.39 is 0 Å². The molecule has 0 fully saturated rings. The number of anilines is 6. The normalized spacial score (nSPS) is 11.7. The number of benzene rings is 11. The molecule has 0 atom stereocenters. The molecule has 0 aliphatic carbocycles. The maximum atomic E-state index is 6.87. The molecule has 0 aliphatic rings. The summed E-state index contributed by atoms with van der Waals surface area (Å²) in [4.78, 5) is 4.80. The fraction of sp³-hybridized carbons (Fsp3) is 0.0606. The van der Waals surface area contributed by atoms with Crippen LogP contribution < -0.4 is 9.80 Å². The first-order chi connectivity index (χ1) is 34.3. The molecule has 0 N–H and O–H groups in total. The molecule has 13 rings (SSSR count). The number of fused-ring (bicyclic) bond motifs is 9. The van der Waals surface area contributed by atoms with E-state index in [1.807, 2.05) is 0 Å². The van der Waals surface area contributed by atoms with Crippen molar-refractivity contribution < 1.29 is 8.83 Å². The van der Waals surface area contributed by atoms with E-state index in [-0.39, 0.29) is 0 Å². The number of para-hydroxylation sites is 2. The molecule has 4 heteroatoms. The van der Waals surface area contributed by atoms with Crippen LogP contribution in [0.4, 0.5) is 34.1 Å². The number of hydrogen-bond acceptors (Lipinski definition) is 4. The van der Waals surface area contributed by atoms with Crippen LogP contribution in [0, 0.1) is 27.7 Å². The summed E-state index contributed by atoms with van der Waals surface area (Å²) in [6, 6.07) is 78.9. The molecule has 4 nitrogen and oxygen atoms in total. The quantitative estimate of drug-likeness (QED) is 0.152. The van der Waals surface area contributed by atoms with E-state index in [0.717, 1.165) is 99.5 Å². The van der Waals surface area contributed by atoms with Crippen LogP contribution in [-0.2, 0) is 0 Å². The summed E-state index contributed by atoms with van der Waals surface area (Å²) in [6.45, 7) is 8.76. The highest BCUT2D eigenvalue weighted by Crippen LogP contribution is 2.46. The Labute approximate surface area is 406 Å². The summed E-state index contributed by atoms with van der Waals surface area (Å²) in [5.74, 6) is 0. The minimum absolute atomic E-state index is 0.762. The van der Waals surface area contributed by atoms with Gasteiger partial charge in [-0.15, -0.1) is 0 Å². The first-order valence-electron chi connectivity index (χ1n) is 24.1. The van der Waals surface area contributed by atoms with Gasteiger partial charge in [0.05, 0.1) is 0 Å². The SMILES string of the molecule is Cc1ccccc1N(c1ccc2cc3c(cc2c1)oc1c3ccc2c3cc4ccc(N(c5ccccc5C)c5cc(-c6ccccc6)ccc5C)cc4cc3oc21)c1cc(-c2ccccc2)ccc1C. The lowest BCUT2D eigenvalue weighted by Crippen LogP contribution is -2.12. The Morgan fingerprint density at radius 3 is 1.10 bits per heavy atom. The van der Waals surface area contributed by atoms with Crippen LogP contribution in [-0.4, -0.2) is 0 Å². The Kier molecular flexibility index (Phi) is 9.70. The third-order valence-corrected chi connectivity index (χ3v) is 14.3. The van der Waals surface area contributed by atoms with Gasteiger partial charge in [0.2, 0.25) is 0 Å². The van der Waals surface area contributed by atoms with Crippen LogP contribution in [0.1, 0.15) is 22.3 Å². The van der Waals surface area contributed by atoms with Crippen LogP contribution in [0.3, 0.4) is 0 Å². The summed E-state index contributed by atoms with van der Waals surface area (Å²) >= 11 is 0. The molecule has 0 unspecified atom stereocenters. The van der Waals surface area contributed by atoms with E-state index in [2.05, 4.69) is 256 Å². The molecule has 11 aromatic carbocycles. The maximum absolute atomic E-state index is 6.87. The second-order valence-electron chi connectivity index (χ2n) is 18.8. The van der Waals surface area contributed by atoms with Crippen LogP contribution >= 0.6 is 0 Å². The van der Waals surface area contributed by atoms with Crippen LogP contribution in [0.2, 0.25) is 0 Å². The first-order valence-corrected chi connectivity index (χ1v) is 24.1. The topological polar surface area (TPSA) is 32.8 Å². The number of rotatable bonds is 8. The minimum Gasteiger partial charge on any atom is -0.452 e. The highest BCUT2D eigenvalue weighted by atomic mass is 16.4. The summed E-state index contributed by atoms with van der Waals surface area (Å²) in [7, 11) is 0. The van der Waals surface area contributed by atoms with Gasteiger partial charge in [-0.3, -0.25) is 0 Å². The second kappa shape index (κ2) is 16.4. The predicted molar refractivity (Wildman–Crippen MR) is 295 cm³/mol. The monoisotopic (exact) mass is 900 g/mol. The van der Waals surface area contributed by atoms with E-state index >= 15 is 0 Å². The van der Waals surface area contributed by atoms with Crippen molar-refractivity contribution in [2.75, 3.05) is 9.80 Å². The number of nitrogens with zero attached hydrogens (tertiary/aromatic N) is 2. The zero-order valence-electron chi connectivity index (χ0n) is 39.5. The molecule has 0 amide bonds. The fourth-order valence-electron chi connectivity index (χ4n) is 10.6. The van der Waals surface area contributed by atoms with Crippen molar-refractivity contribution in [3.63, 3.8) is 0 Å². The van der Waals surface area contributed by atoms with E-state index in [1.165, 1.54) is 44.5 Å². The third-order valence-electron chi connectivity index (χ3n) is 14.3. The first kappa shape index (κ1) is 41.3. The van der Waals surface area contributed by atoms with Gasteiger partial charge in [-0.1, -0.05) is 133 Å². The summed E-state index contributed by atoms with van der Waals surface area (Å²) in [5.41, 5.74) is 19.5. The van der Waals surface area contributed by atoms with Crippen molar-refractivity contribution in [3.05, 3.63) is 241 Å². The lowest BCUT2D eigenvalue weighted by Gasteiger charge is -2.29. The van der Waals surface area contributed by atoms with Gasteiger partial charge in [-0.2, -0.15) is 0 Å². The number of hydrogen-bond donors (Lipinski definition) is 0. The Morgan fingerprint density at radius 2 is 0.671 bits per heavy atom. The van der Waals surface area contributed by atoms with E-state index in [1.54, 1.807) is 0 Å². The van der Waals surface area contributed by atoms with Crippen molar-refractivity contribution in [1.29, 1.82) is 0 Å². The summed E-state index contributed by atoms with van der Waals surface area (Å²) in [5, 5.41) is 8.70. The van der Waals surface area contributed by atoms with E-state index in [0.29, 0.717) is 0 Å². The molecule has 70 heavy (non-hydrogen) atoms. The average molecular weight is 901 g/mol.